The molecule has 242 valence electrons. The first-order valence-electron chi connectivity index (χ1n) is 13.4. The van der Waals surface area contributed by atoms with Gasteiger partial charge >= 0.3 is 18.8 Å². The van der Waals surface area contributed by atoms with Crippen molar-refractivity contribution in [2.24, 2.45) is 5.41 Å². The first-order valence-corrected chi connectivity index (χ1v) is 14.8. The highest BCUT2D eigenvalue weighted by atomic mass is 32.2. The number of carbonyl (C=O) groups is 1. The van der Waals surface area contributed by atoms with Crippen molar-refractivity contribution in [3.8, 4) is 22.6 Å². The van der Waals surface area contributed by atoms with Crippen LogP contribution in [0.1, 0.15) is 24.8 Å². The van der Waals surface area contributed by atoms with Gasteiger partial charge in [0.25, 0.3) is 10.0 Å². The van der Waals surface area contributed by atoms with Crippen LogP contribution < -0.4 is 13.8 Å². The molecule has 1 N–H and O–H groups in total. The average Bonchev–Trinajstić information content (AvgIpc) is 2.98. The highest BCUT2D eigenvalue weighted by molar-refractivity contribution is 7.92. The number of halogens is 7. The van der Waals surface area contributed by atoms with Gasteiger partial charge in [-0.15, -0.1) is 0 Å². The molecule has 0 unspecified atom stereocenters. The summed E-state index contributed by atoms with van der Waals surface area (Å²) in [6.07, 6.45) is -5.98. The van der Waals surface area contributed by atoms with Crippen LogP contribution in [-0.4, -0.2) is 52.0 Å². The molecule has 2 heterocycles. The molecular formula is C29H24F7NO7S. The zero-order valence-corrected chi connectivity index (χ0v) is 23.8. The molecular weight excluding hydrogens is 639 g/mol. The summed E-state index contributed by atoms with van der Waals surface area (Å²) in [7, 11) is -4.82. The molecule has 1 fully saturated rings. The summed E-state index contributed by atoms with van der Waals surface area (Å²) in [5.74, 6) is -4.97. The Kier molecular flexibility index (Phi) is 8.65. The minimum atomic E-state index is -4.88. The molecule has 0 saturated carbocycles. The topological polar surface area (TPSA) is 102 Å². The van der Waals surface area contributed by atoms with Gasteiger partial charge in [-0.1, -0.05) is 12.1 Å². The lowest BCUT2D eigenvalue weighted by Crippen LogP contribution is -2.48. The van der Waals surface area contributed by atoms with Gasteiger partial charge in [-0.3, -0.25) is 9.10 Å². The molecule has 1 saturated heterocycles. The van der Waals surface area contributed by atoms with E-state index in [-0.39, 0.29) is 49.5 Å². The molecule has 1 atom stereocenters. The molecule has 2 aliphatic heterocycles. The Morgan fingerprint density at radius 3 is 2.42 bits per heavy atom. The maximum Gasteiger partial charge on any atom is 0.416 e. The monoisotopic (exact) mass is 663 g/mol. The summed E-state index contributed by atoms with van der Waals surface area (Å²) in [6, 6.07) is 7.42. The first kappa shape index (κ1) is 32.3. The van der Waals surface area contributed by atoms with E-state index in [4.69, 9.17) is 9.47 Å². The van der Waals surface area contributed by atoms with Crippen LogP contribution in [0.2, 0.25) is 0 Å². The lowest BCUT2D eigenvalue weighted by Gasteiger charge is -2.40. The number of carboxylic acid groups (broad SMARTS) is 1. The van der Waals surface area contributed by atoms with Gasteiger partial charge in [0, 0.05) is 31.3 Å². The lowest BCUT2D eigenvalue weighted by atomic mass is 9.75. The number of fused-ring (bicyclic) bond motifs is 1. The van der Waals surface area contributed by atoms with Crippen molar-refractivity contribution >= 4 is 21.7 Å². The lowest BCUT2D eigenvalue weighted by molar-refractivity contribution is -0.157. The normalized spacial score (nSPS) is 18.3. The van der Waals surface area contributed by atoms with Gasteiger partial charge in [-0.2, -0.15) is 22.0 Å². The number of aliphatic carboxylic acids is 1. The molecule has 0 aromatic heterocycles. The van der Waals surface area contributed by atoms with Gasteiger partial charge in [0.2, 0.25) is 0 Å². The van der Waals surface area contributed by atoms with Crippen molar-refractivity contribution < 1.29 is 63.3 Å². The molecule has 2 aliphatic rings. The first-order chi connectivity index (χ1) is 21.1. The Labute approximate surface area is 252 Å². The fourth-order valence-electron chi connectivity index (χ4n) is 5.43. The Morgan fingerprint density at radius 1 is 1.07 bits per heavy atom. The fourth-order valence-corrected chi connectivity index (χ4v) is 6.98. The number of alkyl halides is 5. The second kappa shape index (κ2) is 12.0. The average molecular weight is 664 g/mol. The smallest absolute Gasteiger partial charge is 0.416 e. The van der Waals surface area contributed by atoms with Gasteiger partial charge in [0.1, 0.15) is 17.7 Å². The number of hydrogen-bond donors (Lipinski definition) is 1. The molecule has 8 nitrogen and oxygen atoms in total. The van der Waals surface area contributed by atoms with Gasteiger partial charge in [0.05, 0.1) is 28.1 Å². The van der Waals surface area contributed by atoms with E-state index in [2.05, 4.69) is 4.74 Å². The van der Waals surface area contributed by atoms with Crippen LogP contribution in [0.3, 0.4) is 0 Å². The number of carboxylic acids is 1. The number of anilines is 1. The summed E-state index contributed by atoms with van der Waals surface area (Å²) in [5, 5.41) is 10.0. The van der Waals surface area contributed by atoms with Crippen LogP contribution in [0.4, 0.5) is 36.4 Å². The van der Waals surface area contributed by atoms with E-state index in [0.29, 0.717) is 28.6 Å². The Hall–Kier alpha value is -4.05. The Balaban J connectivity index is 1.63. The Morgan fingerprint density at radius 2 is 1.78 bits per heavy atom. The highest BCUT2D eigenvalue weighted by Crippen LogP contribution is 2.45. The van der Waals surface area contributed by atoms with Crippen LogP contribution in [0.25, 0.3) is 11.1 Å². The van der Waals surface area contributed by atoms with Crippen molar-refractivity contribution in [3.05, 3.63) is 71.8 Å². The number of ether oxygens (including phenoxy) is 3. The summed E-state index contributed by atoms with van der Waals surface area (Å²) in [5.41, 5.74) is -3.68. The third-order valence-corrected chi connectivity index (χ3v) is 9.47. The van der Waals surface area contributed by atoms with Crippen LogP contribution in [0.5, 0.6) is 11.5 Å². The molecule has 0 radical (unpaired) electrons. The summed E-state index contributed by atoms with van der Waals surface area (Å²) in [6.45, 7) is -3.79. The molecule has 0 bridgehead atoms. The van der Waals surface area contributed by atoms with E-state index < -0.39 is 80.3 Å². The van der Waals surface area contributed by atoms with Gasteiger partial charge in [0.15, 0.2) is 11.6 Å². The number of benzene rings is 3. The molecule has 0 spiro atoms. The van der Waals surface area contributed by atoms with Gasteiger partial charge in [-0.25, -0.2) is 17.2 Å². The third kappa shape index (κ3) is 6.52. The number of nitrogens with zero attached hydrogens (tertiary/aromatic N) is 1. The summed E-state index contributed by atoms with van der Waals surface area (Å²) in [4.78, 5) is 11.6. The van der Waals surface area contributed by atoms with Crippen molar-refractivity contribution in [1.29, 1.82) is 0 Å². The predicted octanol–water partition coefficient (Wildman–Crippen LogP) is 6.48. The fraction of sp³-hybridized carbons (Fsp3) is 0.345. The molecule has 0 aliphatic carbocycles. The molecule has 16 heteroatoms. The summed E-state index contributed by atoms with van der Waals surface area (Å²) >= 11 is 0. The quantitative estimate of drug-likeness (QED) is 0.276. The van der Waals surface area contributed by atoms with Crippen LogP contribution in [0.15, 0.2) is 59.5 Å². The molecule has 5 rings (SSSR count). The molecule has 3 aromatic rings. The zero-order valence-electron chi connectivity index (χ0n) is 23.0. The second-order valence-corrected chi connectivity index (χ2v) is 12.4. The Bertz CT molecular complexity index is 1710. The molecule has 3 aromatic carbocycles. The minimum absolute atomic E-state index is 0.0935. The van der Waals surface area contributed by atoms with Crippen molar-refractivity contribution in [2.75, 3.05) is 24.1 Å². The standard InChI is InChI=1S/C29H24F7NO7S/c30-18-12-21(25(31)24(13-18)44-27(32)33)16-4-5-23-22(10-16)37(45(40,41)20-3-1-2-17(11-20)29(34,35)36)15-19(43-23)14-28(26(38)39)6-8-42-9-7-28/h1-5,10-13,19,27H,6-9,14-15H2,(H,38,39)/t19-/m0/s1. The second-order valence-electron chi connectivity index (χ2n) is 10.5. The largest absolute Gasteiger partial charge is 0.486 e. The van der Waals surface area contributed by atoms with Gasteiger partial charge in [-0.05, 0) is 54.8 Å². The van der Waals surface area contributed by atoms with Crippen LogP contribution >= 0.6 is 0 Å². The maximum absolute atomic E-state index is 15.2. The minimum Gasteiger partial charge on any atom is -0.486 e. The van der Waals surface area contributed by atoms with Crippen molar-refractivity contribution in [3.63, 3.8) is 0 Å². The zero-order chi connectivity index (χ0) is 32.7. The SMILES string of the molecule is O=C(O)C1(C[C@H]2CN(S(=O)(=O)c3cccc(C(F)(F)F)c3)c3cc(-c4cc(F)cc(OC(F)F)c4F)ccc3O2)CCOCC1. The van der Waals surface area contributed by atoms with E-state index in [9.17, 15) is 44.7 Å². The van der Waals surface area contributed by atoms with E-state index >= 15 is 4.39 Å². The number of rotatable bonds is 8. The van der Waals surface area contributed by atoms with Crippen LogP contribution in [0, 0.1) is 17.0 Å². The van der Waals surface area contributed by atoms with Crippen molar-refractivity contribution in [2.45, 2.75) is 43.0 Å². The van der Waals surface area contributed by atoms with E-state index in [0.717, 1.165) is 18.2 Å². The third-order valence-electron chi connectivity index (χ3n) is 7.69. The summed E-state index contributed by atoms with van der Waals surface area (Å²) < 4.78 is 139. The van der Waals surface area contributed by atoms with Crippen LogP contribution in [-0.2, 0) is 25.7 Å². The maximum atomic E-state index is 15.2. The van der Waals surface area contributed by atoms with Gasteiger partial charge < -0.3 is 19.3 Å². The number of hydrogen-bond acceptors (Lipinski definition) is 6. The van der Waals surface area contributed by atoms with E-state index in [1.807, 2.05) is 0 Å². The van der Waals surface area contributed by atoms with E-state index in [1.54, 1.807) is 0 Å². The number of sulfonamides is 1. The highest BCUT2D eigenvalue weighted by Gasteiger charge is 2.45. The van der Waals surface area contributed by atoms with Crippen molar-refractivity contribution in [1.82, 2.24) is 0 Å². The molecule has 45 heavy (non-hydrogen) atoms. The molecule has 0 amide bonds. The predicted molar refractivity (Wildman–Crippen MR) is 144 cm³/mol. The van der Waals surface area contributed by atoms with E-state index in [1.165, 1.54) is 12.1 Å².